The number of hydrogen-bond acceptors (Lipinski definition) is 4. The summed E-state index contributed by atoms with van der Waals surface area (Å²) in [5.74, 6) is 0. The molecule has 0 bridgehead atoms. The standard InChI is InChI=1S/C10H17N3S/c1-8-4-2-3-5-13(8)7-9-6-12-10(11)14-9/h6,8H,2-5,7H2,1H3,(H2,11,12)/t8-/m1/s1. The van der Waals surface area contributed by atoms with E-state index in [0.717, 1.165) is 6.54 Å². The van der Waals surface area contributed by atoms with Crippen LogP contribution in [0.5, 0.6) is 0 Å². The van der Waals surface area contributed by atoms with E-state index in [1.54, 1.807) is 11.3 Å². The van der Waals surface area contributed by atoms with Gasteiger partial charge in [0.2, 0.25) is 0 Å². The fourth-order valence-electron chi connectivity index (χ4n) is 1.99. The van der Waals surface area contributed by atoms with Gasteiger partial charge in [-0.15, -0.1) is 11.3 Å². The van der Waals surface area contributed by atoms with Crippen molar-refractivity contribution < 1.29 is 0 Å². The molecule has 0 radical (unpaired) electrons. The topological polar surface area (TPSA) is 42.2 Å². The summed E-state index contributed by atoms with van der Waals surface area (Å²) in [4.78, 5) is 7.89. The Labute approximate surface area is 88.9 Å². The van der Waals surface area contributed by atoms with Gasteiger partial charge in [0.05, 0.1) is 0 Å². The van der Waals surface area contributed by atoms with Gasteiger partial charge in [-0.25, -0.2) is 4.98 Å². The lowest BCUT2D eigenvalue weighted by Gasteiger charge is -2.32. The van der Waals surface area contributed by atoms with E-state index in [9.17, 15) is 0 Å². The van der Waals surface area contributed by atoms with Crippen LogP contribution in [0.1, 0.15) is 31.1 Å². The van der Waals surface area contributed by atoms with Crippen molar-refractivity contribution in [3.8, 4) is 0 Å². The normalized spacial score (nSPS) is 23.9. The molecule has 0 amide bonds. The quantitative estimate of drug-likeness (QED) is 0.814. The third-order valence-corrected chi connectivity index (χ3v) is 3.68. The SMILES string of the molecule is C[C@@H]1CCCCN1Cc1cnc(N)s1. The highest BCUT2D eigenvalue weighted by atomic mass is 32.1. The predicted octanol–water partition coefficient (Wildman–Crippen LogP) is 2.10. The molecule has 1 aliphatic heterocycles. The highest BCUT2D eigenvalue weighted by Gasteiger charge is 2.18. The van der Waals surface area contributed by atoms with Crippen molar-refractivity contribution in [2.45, 2.75) is 38.8 Å². The minimum absolute atomic E-state index is 0.685. The van der Waals surface area contributed by atoms with E-state index in [0.29, 0.717) is 11.2 Å². The second-order valence-corrected chi connectivity index (χ2v) is 5.13. The zero-order chi connectivity index (χ0) is 9.97. The lowest BCUT2D eigenvalue weighted by Crippen LogP contribution is -2.36. The van der Waals surface area contributed by atoms with Gasteiger partial charge in [-0.3, -0.25) is 4.90 Å². The van der Waals surface area contributed by atoms with Gasteiger partial charge in [0, 0.05) is 23.7 Å². The van der Waals surface area contributed by atoms with E-state index >= 15 is 0 Å². The van der Waals surface area contributed by atoms with Gasteiger partial charge >= 0.3 is 0 Å². The average molecular weight is 211 g/mol. The van der Waals surface area contributed by atoms with Crippen LogP contribution in [0, 0.1) is 0 Å². The minimum atomic E-state index is 0.685. The predicted molar refractivity (Wildman–Crippen MR) is 60.2 cm³/mol. The molecule has 1 atom stereocenters. The Bertz CT molecular complexity index is 297. The van der Waals surface area contributed by atoms with Crippen LogP contribution in [0.15, 0.2) is 6.20 Å². The molecule has 14 heavy (non-hydrogen) atoms. The van der Waals surface area contributed by atoms with E-state index in [-0.39, 0.29) is 0 Å². The number of hydrogen-bond donors (Lipinski definition) is 1. The summed E-state index contributed by atoms with van der Waals surface area (Å²) < 4.78 is 0. The number of anilines is 1. The summed E-state index contributed by atoms with van der Waals surface area (Å²) in [6.07, 6.45) is 5.94. The molecule has 4 heteroatoms. The summed E-state index contributed by atoms with van der Waals surface area (Å²) in [6.45, 7) is 4.55. The van der Waals surface area contributed by atoms with E-state index in [1.807, 2.05) is 6.20 Å². The average Bonchev–Trinajstić information content (AvgIpc) is 2.56. The van der Waals surface area contributed by atoms with Crippen molar-refractivity contribution in [1.29, 1.82) is 0 Å². The summed E-state index contributed by atoms with van der Waals surface area (Å²) in [5.41, 5.74) is 5.61. The van der Waals surface area contributed by atoms with Crippen LogP contribution in [0.2, 0.25) is 0 Å². The number of nitrogen functional groups attached to an aromatic ring is 1. The Kier molecular flexibility index (Phi) is 3.03. The number of nitrogens with zero attached hydrogens (tertiary/aromatic N) is 2. The van der Waals surface area contributed by atoms with E-state index in [4.69, 9.17) is 5.73 Å². The smallest absolute Gasteiger partial charge is 0.180 e. The number of thiazole rings is 1. The van der Waals surface area contributed by atoms with Crippen molar-refractivity contribution in [2.24, 2.45) is 0 Å². The molecule has 0 saturated carbocycles. The maximum atomic E-state index is 5.61. The van der Waals surface area contributed by atoms with Crippen LogP contribution in [0.25, 0.3) is 0 Å². The van der Waals surface area contributed by atoms with E-state index < -0.39 is 0 Å². The van der Waals surface area contributed by atoms with Crippen LogP contribution >= 0.6 is 11.3 Å². The monoisotopic (exact) mass is 211 g/mol. The van der Waals surface area contributed by atoms with Crippen LogP contribution in [0.4, 0.5) is 5.13 Å². The molecule has 3 nitrogen and oxygen atoms in total. The Morgan fingerprint density at radius 3 is 3.14 bits per heavy atom. The molecule has 2 rings (SSSR count). The molecule has 0 unspecified atom stereocenters. The van der Waals surface area contributed by atoms with Gasteiger partial charge < -0.3 is 5.73 Å². The summed E-state index contributed by atoms with van der Waals surface area (Å²) in [5, 5.41) is 0.685. The number of rotatable bonds is 2. The number of nitrogens with two attached hydrogens (primary N) is 1. The second kappa shape index (κ2) is 4.28. The van der Waals surface area contributed by atoms with Gasteiger partial charge in [0.1, 0.15) is 0 Å². The Morgan fingerprint density at radius 2 is 2.50 bits per heavy atom. The molecular formula is C10H17N3S. The Hall–Kier alpha value is -0.610. The van der Waals surface area contributed by atoms with Crippen LogP contribution in [-0.2, 0) is 6.54 Å². The van der Waals surface area contributed by atoms with Gasteiger partial charge in [0.15, 0.2) is 5.13 Å². The molecule has 0 aromatic carbocycles. The molecule has 78 valence electrons. The third kappa shape index (κ3) is 2.25. The lowest BCUT2D eigenvalue weighted by molar-refractivity contribution is 0.154. The largest absolute Gasteiger partial charge is 0.375 e. The zero-order valence-electron chi connectivity index (χ0n) is 8.57. The highest BCUT2D eigenvalue weighted by molar-refractivity contribution is 7.15. The molecule has 1 saturated heterocycles. The van der Waals surface area contributed by atoms with E-state index in [1.165, 1.54) is 30.7 Å². The molecule has 0 spiro atoms. The molecule has 2 heterocycles. The lowest BCUT2D eigenvalue weighted by atomic mass is 10.0. The maximum absolute atomic E-state index is 5.61. The molecular weight excluding hydrogens is 194 g/mol. The number of aromatic nitrogens is 1. The Balaban J connectivity index is 1.95. The summed E-state index contributed by atoms with van der Waals surface area (Å²) >= 11 is 1.61. The van der Waals surface area contributed by atoms with Gasteiger partial charge in [-0.1, -0.05) is 6.42 Å². The van der Waals surface area contributed by atoms with Crippen LogP contribution in [0.3, 0.4) is 0 Å². The van der Waals surface area contributed by atoms with Crippen LogP contribution in [-0.4, -0.2) is 22.5 Å². The summed E-state index contributed by atoms with van der Waals surface area (Å²) in [7, 11) is 0. The van der Waals surface area contributed by atoms with Gasteiger partial charge in [-0.05, 0) is 26.3 Å². The molecule has 1 fully saturated rings. The first-order valence-electron chi connectivity index (χ1n) is 5.20. The highest BCUT2D eigenvalue weighted by Crippen LogP contribution is 2.22. The van der Waals surface area contributed by atoms with Crippen molar-refractivity contribution in [3.05, 3.63) is 11.1 Å². The molecule has 1 aliphatic rings. The molecule has 2 N–H and O–H groups in total. The van der Waals surface area contributed by atoms with Crippen LogP contribution < -0.4 is 5.73 Å². The van der Waals surface area contributed by atoms with Crippen molar-refractivity contribution in [2.75, 3.05) is 12.3 Å². The van der Waals surface area contributed by atoms with Gasteiger partial charge in [-0.2, -0.15) is 0 Å². The first-order valence-corrected chi connectivity index (χ1v) is 6.01. The molecule has 1 aromatic heterocycles. The zero-order valence-corrected chi connectivity index (χ0v) is 9.39. The third-order valence-electron chi connectivity index (χ3n) is 2.87. The second-order valence-electron chi connectivity index (χ2n) is 3.98. The first-order chi connectivity index (χ1) is 6.75. The fourth-order valence-corrected chi connectivity index (χ4v) is 2.70. The number of piperidine rings is 1. The molecule has 0 aliphatic carbocycles. The van der Waals surface area contributed by atoms with Crippen molar-refractivity contribution in [1.82, 2.24) is 9.88 Å². The maximum Gasteiger partial charge on any atom is 0.180 e. The van der Waals surface area contributed by atoms with Crippen molar-refractivity contribution >= 4 is 16.5 Å². The van der Waals surface area contributed by atoms with Gasteiger partial charge in [0.25, 0.3) is 0 Å². The fraction of sp³-hybridized carbons (Fsp3) is 0.700. The number of likely N-dealkylation sites (tertiary alicyclic amines) is 1. The first kappa shape index (κ1) is 9.93. The Morgan fingerprint density at radius 1 is 1.64 bits per heavy atom. The van der Waals surface area contributed by atoms with Crippen molar-refractivity contribution in [3.63, 3.8) is 0 Å². The van der Waals surface area contributed by atoms with E-state index in [2.05, 4.69) is 16.8 Å². The summed E-state index contributed by atoms with van der Waals surface area (Å²) in [6, 6.07) is 0.715. The molecule has 1 aromatic rings. The minimum Gasteiger partial charge on any atom is -0.375 e.